The maximum absolute atomic E-state index is 10.8. The van der Waals surface area contributed by atoms with Crippen LogP contribution in [0.3, 0.4) is 0 Å². The van der Waals surface area contributed by atoms with E-state index in [1.807, 2.05) is 30.3 Å². The Kier molecular flexibility index (Phi) is 3.48. The summed E-state index contributed by atoms with van der Waals surface area (Å²) in [6, 6.07) is 8.41. The van der Waals surface area contributed by atoms with Crippen LogP contribution >= 0.6 is 0 Å². The van der Waals surface area contributed by atoms with Gasteiger partial charge >= 0.3 is 5.97 Å². The van der Waals surface area contributed by atoms with Crippen molar-refractivity contribution >= 4 is 23.0 Å². The van der Waals surface area contributed by atoms with Crippen LogP contribution in [0.2, 0.25) is 0 Å². The van der Waals surface area contributed by atoms with Crippen molar-refractivity contribution in [1.82, 2.24) is 15.0 Å². The molecule has 1 aromatic carbocycles. The Labute approximate surface area is 126 Å². The molecule has 1 unspecified atom stereocenters. The van der Waals surface area contributed by atoms with Crippen LogP contribution in [0.15, 0.2) is 36.5 Å². The maximum Gasteiger partial charge on any atom is 0.320 e. The first-order valence-corrected chi connectivity index (χ1v) is 6.73. The number of hydrogen-bond donors (Lipinski definition) is 4. The minimum absolute atomic E-state index is 0.196. The minimum Gasteiger partial charge on any atom is -0.480 e. The summed E-state index contributed by atoms with van der Waals surface area (Å²) in [5, 5.41) is 9.72. The highest BCUT2D eigenvalue weighted by atomic mass is 16.4. The fourth-order valence-electron chi connectivity index (χ4n) is 2.32. The van der Waals surface area contributed by atoms with Crippen LogP contribution in [-0.2, 0) is 11.2 Å². The second-order valence-electron chi connectivity index (χ2n) is 5.02. The number of anilines is 1. The molecule has 7 heteroatoms. The zero-order valence-corrected chi connectivity index (χ0v) is 11.7. The number of hydrogen-bond acceptors (Lipinski definition) is 5. The minimum atomic E-state index is -1.01. The predicted octanol–water partition coefficient (Wildman–Crippen LogP) is 1.16. The number of nitrogens with zero attached hydrogens (tertiary/aromatic N) is 2. The van der Waals surface area contributed by atoms with Crippen molar-refractivity contribution in [2.75, 3.05) is 5.73 Å². The number of rotatable bonds is 4. The number of carboxylic acid groups (broad SMARTS) is 1. The van der Waals surface area contributed by atoms with E-state index in [1.54, 1.807) is 6.20 Å². The van der Waals surface area contributed by atoms with Gasteiger partial charge in [-0.3, -0.25) is 4.79 Å². The molecule has 0 saturated heterocycles. The van der Waals surface area contributed by atoms with Crippen LogP contribution in [0, 0.1) is 0 Å². The van der Waals surface area contributed by atoms with Crippen molar-refractivity contribution in [3.63, 3.8) is 0 Å². The molecule has 1 atom stereocenters. The Hall–Kier alpha value is -2.93. The van der Waals surface area contributed by atoms with Crippen LogP contribution in [0.1, 0.15) is 5.56 Å². The van der Waals surface area contributed by atoms with Gasteiger partial charge in [-0.25, -0.2) is 4.98 Å². The molecular weight excluding hydrogens is 282 g/mol. The summed E-state index contributed by atoms with van der Waals surface area (Å²) in [6.07, 6.45) is 2.06. The lowest BCUT2D eigenvalue weighted by atomic mass is 10.0. The van der Waals surface area contributed by atoms with E-state index >= 15 is 0 Å². The lowest BCUT2D eigenvalue weighted by Crippen LogP contribution is -2.32. The van der Waals surface area contributed by atoms with Crippen molar-refractivity contribution in [1.29, 1.82) is 0 Å². The number of aromatic nitrogens is 3. The second-order valence-corrected chi connectivity index (χ2v) is 5.02. The summed E-state index contributed by atoms with van der Waals surface area (Å²) < 4.78 is 0. The number of benzene rings is 1. The number of nitrogen functional groups attached to an aromatic ring is 1. The topological polar surface area (TPSA) is 131 Å². The highest BCUT2D eigenvalue weighted by molar-refractivity contribution is 5.91. The normalized spacial score (nSPS) is 12.4. The number of nitrogens with one attached hydrogen (secondary N) is 1. The van der Waals surface area contributed by atoms with Crippen molar-refractivity contribution in [2.24, 2.45) is 5.73 Å². The third-order valence-corrected chi connectivity index (χ3v) is 3.43. The molecule has 0 radical (unpaired) electrons. The van der Waals surface area contributed by atoms with Gasteiger partial charge in [0, 0.05) is 17.1 Å². The SMILES string of the molecule is Nc1nc(-c2ccc(CC(N)C(=O)O)cc2)c2cc[nH]c2n1. The highest BCUT2D eigenvalue weighted by Gasteiger charge is 2.13. The van der Waals surface area contributed by atoms with E-state index in [9.17, 15) is 4.79 Å². The van der Waals surface area contributed by atoms with Gasteiger partial charge in [0.1, 0.15) is 11.7 Å². The molecule has 22 heavy (non-hydrogen) atoms. The van der Waals surface area contributed by atoms with E-state index in [-0.39, 0.29) is 12.4 Å². The van der Waals surface area contributed by atoms with E-state index in [2.05, 4.69) is 15.0 Å². The molecule has 0 amide bonds. The number of fused-ring (bicyclic) bond motifs is 1. The van der Waals surface area contributed by atoms with E-state index in [0.717, 1.165) is 22.2 Å². The van der Waals surface area contributed by atoms with Crippen LogP contribution in [0.25, 0.3) is 22.3 Å². The second kappa shape index (κ2) is 5.45. The zero-order chi connectivity index (χ0) is 15.7. The van der Waals surface area contributed by atoms with Crippen molar-refractivity contribution in [3.8, 4) is 11.3 Å². The van der Waals surface area contributed by atoms with Gasteiger partial charge in [0.15, 0.2) is 0 Å². The van der Waals surface area contributed by atoms with Crippen LogP contribution in [0.4, 0.5) is 5.95 Å². The fourth-order valence-corrected chi connectivity index (χ4v) is 2.32. The number of aliphatic carboxylic acids is 1. The molecule has 3 rings (SSSR count). The number of nitrogens with two attached hydrogens (primary N) is 2. The number of H-pyrrole nitrogens is 1. The average Bonchev–Trinajstić information content (AvgIpc) is 2.95. The van der Waals surface area contributed by atoms with E-state index in [0.29, 0.717) is 5.65 Å². The molecule has 0 bridgehead atoms. The molecule has 6 N–H and O–H groups in total. The van der Waals surface area contributed by atoms with Crippen molar-refractivity contribution < 1.29 is 9.90 Å². The molecular formula is C15H15N5O2. The summed E-state index contributed by atoms with van der Waals surface area (Å²) in [5.74, 6) is -0.816. The van der Waals surface area contributed by atoms with E-state index in [4.69, 9.17) is 16.6 Å². The fraction of sp³-hybridized carbons (Fsp3) is 0.133. The molecule has 0 aliphatic carbocycles. The highest BCUT2D eigenvalue weighted by Crippen LogP contribution is 2.26. The third-order valence-electron chi connectivity index (χ3n) is 3.43. The van der Waals surface area contributed by atoms with Gasteiger partial charge in [-0.2, -0.15) is 4.98 Å². The Bertz CT molecular complexity index is 826. The maximum atomic E-state index is 10.8. The monoisotopic (exact) mass is 297 g/mol. The molecule has 0 spiro atoms. The lowest BCUT2D eigenvalue weighted by molar-refractivity contribution is -0.138. The van der Waals surface area contributed by atoms with E-state index < -0.39 is 12.0 Å². The summed E-state index contributed by atoms with van der Waals surface area (Å²) in [6.45, 7) is 0. The molecule has 2 heterocycles. The van der Waals surface area contributed by atoms with Gasteiger partial charge in [0.2, 0.25) is 5.95 Å². The van der Waals surface area contributed by atoms with Gasteiger partial charge in [-0.1, -0.05) is 24.3 Å². The third kappa shape index (κ3) is 2.61. The van der Waals surface area contributed by atoms with Crippen molar-refractivity contribution in [3.05, 3.63) is 42.1 Å². The zero-order valence-electron chi connectivity index (χ0n) is 11.7. The van der Waals surface area contributed by atoms with Gasteiger partial charge in [0.25, 0.3) is 0 Å². The summed E-state index contributed by atoms with van der Waals surface area (Å²) in [5.41, 5.74) is 14.4. The molecule has 0 fully saturated rings. The summed E-state index contributed by atoms with van der Waals surface area (Å²) >= 11 is 0. The van der Waals surface area contributed by atoms with Crippen LogP contribution < -0.4 is 11.5 Å². The number of aromatic amines is 1. The lowest BCUT2D eigenvalue weighted by Gasteiger charge is -2.08. The van der Waals surface area contributed by atoms with Crippen LogP contribution in [0.5, 0.6) is 0 Å². The first-order chi connectivity index (χ1) is 10.5. The number of carbonyl (C=O) groups is 1. The first kappa shape index (κ1) is 14.0. The molecule has 0 saturated carbocycles. The van der Waals surface area contributed by atoms with Gasteiger partial charge in [0.05, 0.1) is 5.69 Å². The molecule has 0 aliphatic rings. The van der Waals surface area contributed by atoms with E-state index in [1.165, 1.54) is 0 Å². The number of carboxylic acids is 1. The van der Waals surface area contributed by atoms with Gasteiger partial charge in [-0.05, 0) is 18.1 Å². The van der Waals surface area contributed by atoms with Crippen molar-refractivity contribution in [2.45, 2.75) is 12.5 Å². The Morgan fingerprint density at radius 3 is 2.64 bits per heavy atom. The van der Waals surface area contributed by atoms with Gasteiger partial charge < -0.3 is 21.6 Å². The Morgan fingerprint density at radius 1 is 1.23 bits per heavy atom. The molecule has 7 nitrogen and oxygen atoms in total. The average molecular weight is 297 g/mol. The first-order valence-electron chi connectivity index (χ1n) is 6.73. The van der Waals surface area contributed by atoms with Crippen LogP contribution in [-0.4, -0.2) is 32.1 Å². The molecule has 3 aromatic rings. The summed E-state index contributed by atoms with van der Waals surface area (Å²) in [4.78, 5) is 22.2. The Morgan fingerprint density at radius 2 is 1.95 bits per heavy atom. The predicted molar refractivity (Wildman–Crippen MR) is 83.1 cm³/mol. The summed E-state index contributed by atoms with van der Waals surface area (Å²) in [7, 11) is 0. The molecule has 0 aliphatic heterocycles. The quantitative estimate of drug-likeness (QED) is 0.571. The molecule has 2 aromatic heterocycles. The largest absolute Gasteiger partial charge is 0.480 e. The molecule has 112 valence electrons. The smallest absolute Gasteiger partial charge is 0.320 e. The standard InChI is InChI=1S/C15H15N5O2/c16-11(14(21)22)7-8-1-3-9(4-2-8)12-10-5-6-18-13(10)20-15(17)19-12/h1-6,11H,7,16H2,(H,21,22)(H3,17,18,19,20). The van der Waals surface area contributed by atoms with Gasteiger partial charge in [-0.15, -0.1) is 0 Å². The Balaban J connectivity index is 1.95.